The molecule has 0 unspecified atom stereocenters. The number of rotatable bonds is 23. The van der Waals surface area contributed by atoms with E-state index in [-0.39, 0.29) is 54.3 Å². The molecule has 0 aliphatic carbocycles. The molecule has 330 valence electrons. The molecule has 0 saturated carbocycles. The van der Waals surface area contributed by atoms with Crippen LogP contribution in [0, 0.1) is 24.2 Å². The van der Waals surface area contributed by atoms with Crippen LogP contribution >= 0.6 is 11.3 Å². The van der Waals surface area contributed by atoms with Crippen molar-refractivity contribution in [3.05, 3.63) is 45.4 Å². The van der Waals surface area contributed by atoms with Gasteiger partial charge in [0, 0.05) is 43.0 Å². The highest BCUT2D eigenvalue weighted by Gasteiger charge is 2.39. The van der Waals surface area contributed by atoms with Crippen LogP contribution in [0.15, 0.2) is 23.6 Å². The fourth-order valence-corrected chi connectivity index (χ4v) is 8.66. The Morgan fingerprint density at radius 2 is 1.80 bits per heavy atom. The van der Waals surface area contributed by atoms with Crippen LogP contribution in [-0.4, -0.2) is 93.9 Å². The predicted octanol–water partition coefficient (Wildman–Crippen LogP) is 7.32. The molecule has 0 bridgehead atoms. The number of esters is 1. The number of carboxylic acids is 1. The lowest BCUT2D eigenvalue weighted by molar-refractivity contribution is -0.150. The molecule has 0 radical (unpaired) electrons. The van der Waals surface area contributed by atoms with Crippen LogP contribution in [0.5, 0.6) is 0 Å². The zero-order valence-corrected chi connectivity index (χ0v) is 38.1. The number of carbonyl (C=O) groups excluding carboxylic acids is 4. The minimum atomic E-state index is -1.13. The summed E-state index contributed by atoms with van der Waals surface area (Å²) >= 11 is 1.19. The summed E-state index contributed by atoms with van der Waals surface area (Å²) < 4.78 is 5.93. The molecule has 5 N–H and O–H groups in total. The normalized spacial score (nSPS) is 17.4. The standard InChI is InChI=1S/C45H72N6O7S/c1-11-13-14-16-22-51(43(55)39(29(5)12-2)49-41(54)36-18-15-17-21-50(36)10)37(28(3)4)25-38(58-31(7)52)42-48-35(27-59-42)40(53)47-33(26-45(8,9)44(56)57)23-32-20-19-30(6)34(46)24-32/h19-20,24,27-29,33,36-39H,11-18,21-23,25-26,46H2,1-10H3,(H,47,53)(H,49,54)(H,56,57)/t29-,33-,36+,37+,38+,39-/m0/s1. The summed E-state index contributed by atoms with van der Waals surface area (Å²) in [5.74, 6) is -2.43. The Balaban J connectivity index is 1.95. The second-order valence-electron chi connectivity index (χ2n) is 17.6. The van der Waals surface area contributed by atoms with Crippen LogP contribution < -0.4 is 16.4 Å². The highest BCUT2D eigenvalue weighted by atomic mass is 32.1. The number of hydrogen-bond acceptors (Lipinski definition) is 10. The number of aromatic nitrogens is 1. The van der Waals surface area contributed by atoms with Crippen LogP contribution in [0.2, 0.25) is 0 Å². The lowest BCUT2D eigenvalue weighted by Crippen LogP contribution is -2.59. The van der Waals surface area contributed by atoms with Crippen molar-refractivity contribution in [2.75, 3.05) is 25.9 Å². The van der Waals surface area contributed by atoms with Gasteiger partial charge in [-0.05, 0) is 95.5 Å². The zero-order valence-electron chi connectivity index (χ0n) is 37.3. The van der Waals surface area contributed by atoms with E-state index in [1.807, 2.05) is 64.8 Å². The Hall–Kier alpha value is -4.04. The van der Waals surface area contributed by atoms with E-state index in [2.05, 4.69) is 27.4 Å². The number of thiazole rings is 1. The fourth-order valence-electron chi connectivity index (χ4n) is 7.82. The summed E-state index contributed by atoms with van der Waals surface area (Å²) in [4.78, 5) is 75.9. The number of piperidine rings is 1. The number of carbonyl (C=O) groups is 5. The number of likely N-dealkylation sites (N-methyl/N-ethyl adjacent to an activating group) is 1. The first-order chi connectivity index (χ1) is 27.8. The Kier molecular flexibility index (Phi) is 19.3. The molecule has 1 aliphatic heterocycles. The van der Waals surface area contributed by atoms with Crippen LogP contribution in [-0.2, 0) is 30.3 Å². The number of anilines is 1. The van der Waals surface area contributed by atoms with E-state index < -0.39 is 41.4 Å². The second kappa shape index (κ2) is 23.1. The van der Waals surface area contributed by atoms with E-state index in [0.717, 1.165) is 62.6 Å². The van der Waals surface area contributed by atoms with Crippen LogP contribution in [0.3, 0.4) is 0 Å². The fraction of sp³-hybridized carbons (Fsp3) is 0.689. The average Bonchev–Trinajstić information content (AvgIpc) is 3.67. The number of ether oxygens (including phenoxy) is 1. The van der Waals surface area contributed by atoms with Crippen molar-refractivity contribution in [2.24, 2.45) is 17.3 Å². The third kappa shape index (κ3) is 14.6. The number of benzene rings is 1. The molecule has 0 spiro atoms. The van der Waals surface area contributed by atoms with E-state index in [0.29, 0.717) is 30.1 Å². The molecule has 59 heavy (non-hydrogen) atoms. The highest BCUT2D eigenvalue weighted by molar-refractivity contribution is 7.09. The molecule has 14 heteroatoms. The van der Waals surface area contributed by atoms with Gasteiger partial charge in [-0.15, -0.1) is 11.3 Å². The summed E-state index contributed by atoms with van der Waals surface area (Å²) in [6.07, 6.45) is 7.13. The SMILES string of the molecule is CCCCCCN(C(=O)[C@@H](NC(=O)[C@H]1CCCCN1C)[C@@H](C)CC)[C@H](C[C@@H](OC(C)=O)c1nc(C(=O)N[C@@H](Cc2ccc(C)c(N)c2)CC(C)(C)C(=O)O)cs1)C(C)C. The lowest BCUT2D eigenvalue weighted by Gasteiger charge is -2.40. The van der Waals surface area contributed by atoms with E-state index in [9.17, 15) is 29.1 Å². The van der Waals surface area contributed by atoms with Crippen molar-refractivity contribution in [3.63, 3.8) is 0 Å². The van der Waals surface area contributed by atoms with Gasteiger partial charge in [0.25, 0.3) is 5.91 Å². The first-order valence-electron chi connectivity index (χ1n) is 21.6. The number of nitrogens with two attached hydrogens (primary N) is 1. The van der Waals surface area contributed by atoms with Gasteiger partial charge in [0.15, 0.2) is 6.10 Å². The predicted molar refractivity (Wildman–Crippen MR) is 234 cm³/mol. The topological polar surface area (TPSA) is 184 Å². The summed E-state index contributed by atoms with van der Waals surface area (Å²) in [5.41, 5.74) is 7.55. The third-order valence-corrected chi connectivity index (χ3v) is 12.8. The molecular formula is C45H72N6O7S. The average molecular weight is 841 g/mol. The maximum absolute atomic E-state index is 14.9. The molecule has 1 aromatic heterocycles. The lowest BCUT2D eigenvalue weighted by atomic mass is 9.83. The summed E-state index contributed by atoms with van der Waals surface area (Å²) in [6.45, 7) is 18.0. The Morgan fingerprint density at radius 3 is 2.39 bits per heavy atom. The third-order valence-electron chi connectivity index (χ3n) is 11.8. The molecule has 3 rings (SSSR count). The minimum absolute atomic E-state index is 0.0576. The number of hydrogen-bond donors (Lipinski definition) is 4. The molecule has 1 aliphatic rings. The molecule has 6 atom stereocenters. The number of likely N-dealkylation sites (tertiary alicyclic amines) is 1. The number of aryl methyl sites for hydroxylation is 1. The van der Waals surface area contributed by atoms with E-state index in [4.69, 9.17) is 10.5 Å². The number of unbranched alkanes of at least 4 members (excludes halogenated alkanes) is 3. The van der Waals surface area contributed by atoms with Gasteiger partial charge >= 0.3 is 11.9 Å². The van der Waals surface area contributed by atoms with Crippen molar-refractivity contribution < 1.29 is 33.8 Å². The summed E-state index contributed by atoms with van der Waals surface area (Å²) in [6, 6.07) is 3.69. The Bertz CT molecular complexity index is 1710. The molecule has 2 heterocycles. The molecular weight excluding hydrogens is 769 g/mol. The summed E-state index contributed by atoms with van der Waals surface area (Å²) in [5, 5.41) is 18.1. The van der Waals surface area contributed by atoms with E-state index in [1.165, 1.54) is 18.3 Å². The number of carboxylic acid groups (broad SMARTS) is 1. The molecule has 3 amide bonds. The van der Waals surface area contributed by atoms with Gasteiger partial charge in [0.05, 0.1) is 11.5 Å². The number of nitrogens with zero attached hydrogens (tertiary/aromatic N) is 3. The quantitative estimate of drug-likeness (QED) is 0.0503. The van der Waals surface area contributed by atoms with Gasteiger partial charge in [-0.3, -0.25) is 28.9 Å². The second-order valence-corrected chi connectivity index (χ2v) is 18.5. The highest BCUT2D eigenvalue weighted by Crippen LogP contribution is 2.32. The maximum atomic E-state index is 14.9. The van der Waals surface area contributed by atoms with Crippen molar-refractivity contribution in [3.8, 4) is 0 Å². The van der Waals surface area contributed by atoms with E-state index in [1.54, 1.807) is 19.2 Å². The Morgan fingerprint density at radius 1 is 1.08 bits per heavy atom. The number of nitrogens with one attached hydrogen (secondary N) is 2. The first-order valence-corrected chi connectivity index (χ1v) is 22.5. The van der Waals surface area contributed by atoms with Gasteiger partial charge < -0.3 is 31.1 Å². The number of amides is 3. The molecule has 1 aromatic carbocycles. The monoisotopic (exact) mass is 841 g/mol. The zero-order chi connectivity index (χ0) is 44.0. The maximum Gasteiger partial charge on any atom is 0.309 e. The van der Waals surface area contributed by atoms with Gasteiger partial charge in [0.2, 0.25) is 11.8 Å². The van der Waals surface area contributed by atoms with Gasteiger partial charge in [0.1, 0.15) is 16.7 Å². The first kappa shape index (κ1) is 49.3. The smallest absolute Gasteiger partial charge is 0.309 e. The Labute approximate surface area is 356 Å². The van der Waals surface area contributed by atoms with Gasteiger partial charge in [-0.2, -0.15) is 0 Å². The van der Waals surface area contributed by atoms with Gasteiger partial charge in [-0.1, -0.05) is 78.9 Å². The molecule has 13 nitrogen and oxygen atoms in total. The molecule has 1 saturated heterocycles. The van der Waals surface area contributed by atoms with Crippen molar-refractivity contribution in [1.29, 1.82) is 0 Å². The van der Waals surface area contributed by atoms with Gasteiger partial charge in [-0.25, -0.2) is 4.98 Å². The van der Waals surface area contributed by atoms with Crippen molar-refractivity contribution in [2.45, 2.75) is 163 Å². The van der Waals surface area contributed by atoms with E-state index >= 15 is 0 Å². The summed E-state index contributed by atoms with van der Waals surface area (Å²) in [7, 11) is 1.96. The molecule has 2 aromatic rings. The minimum Gasteiger partial charge on any atom is -0.481 e. The van der Waals surface area contributed by atoms with Crippen LogP contribution in [0.25, 0.3) is 0 Å². The van der Waals surface area contributed by atoms with Crippen LogP contribution in [0.4, 0.5) is 5.69 Å². The largest absolute Gasteiger partial charge is 0.481 e. The van der Waals surface area contributed by atoms with Crippen LogP contribution in [0.1, 0.15) is 152 Å². The number of nitrogen functional groups attached to an aromatic ring is 1. The molecule has 1 fully saturated rings. The number of aliphatic carboxylic acids is 1. The van der Waals surface area contributed by atoms with Crippen molar-refractivity contribution >= 4 is 46.7 Å². The van der Waals surface area contributed by atoms with Crippen molar-refractivity contribution in [1.82, 2.24) is 25.4 Å².